The predicted octanol–water partition coefficient (Wildman–Crippen LogP) is 4.37. The normalized spacial score (nSPS) is 13.3. The van der Waals surface area contributed by atoms with Crippen molar-refractivity contribution in [2.24, 2.45) is 0 Å². The molecule has 4 rings (SSSR count). The fourth-order valence-corrected chi connectivity index (χ4v) is 4.89. The number of nitrogens with two attached hydrogens (primary N) is 1. The summed E-state index contributed by atoms with van der Waals surface area (Å²) in [5.41, 5.74) is 3.40. The molecule has 5 heteroatoms. The third-order valence-electron chi connectivity index (χ3n) is 5.65. The quantitative estimate of drug-likeness (QED) is 0.439. The fourth-order valence-electron chi connectivity index (χ4n) is 4.03. The molecule has 2 aromatic carbocycles. The predicted molar refractivity (Wildman–Crippen MR) is 125 cm³/mol. The first-order chi connectivity index (χ1) is 14.7. The summed E-state index contributed by atoms with van der Waals surface area (Å²) in [5, 5.41) is 5.56. The highest BCUT2D eigenvalue weighted by atomic mass is 32.1. The van der Waals surface area contributed by atoms with Gasteiger partial charge < -0.3 is 15.2 Å². The number of hydrogen-bond acceptors (Lipinski definition) is 2. The molecule has 0 spiro atoms. The van der Waals surface area contributed by atoms with Crippen molar-refractivity contribution in [1.82, 2.24) is 4.98 Å². The monoisotopic (exact) mass is 418 g/mol. The molecule has 0 unspecified atom stereocenters. The van der Waals surface area contributed by atoms with E-state index in [1.807, 2.05) is 49.1 Å². The van der Waals surface area contributed by atoms with Crippen LogP contribution in [-0.2, 0) is 4.79 Å². The van der Waals surface area contributed by atoms with E-state index < -0.39 is 0 Å². The number of likely N-dealkylation sites (N-methyl/N-ethyl adjacent to an activating group) is 1. The summed E-state index contributed by atoms with van der Waals surface area (Å²) in [5.74, 6) is 0.385. The van der Waals surface area contributed by atoms with Gasteiger partial charge in [-0.25, -0.2) is 0 Å². The largest absolute Gasteiger partial charge is 0.361 e. The van der Waals surface area contributed by atoms with Gasteiger partial charge >= 0.3 is 0 Å². The minimum Gasteiger partial charge on any atom is -0.361 e. The highest BCUT2D eigenvalue weighted by molar-refractivity contribution is 7.10. The van der Waals surface area contributed by atoms with Gasteiger partial charge in [-0.05, 0) is 49.1 Å². The lowest BCUT2D eigenvalue weighted by Crippen LogP contribution is -2.92. The topological polar surface area (TPSA) is 52.7 Å². The SMILES string of the molecule is CCN(C(=O)[C@@H](C)[NH2+]C[C@@H](c1cccs1)c1c[nH]c2ccccc12)c1ccccc1. The number of H-pyrrole nitrogens is 1. The molecule has 4 nitrogen and oxygen atoms in total. The summed E-state index contributed by atoms with van der Waals surface area (Å²) in [7, 11) is 0. The lowest BCUT2D eigenvalue weighted by atomic mass is 9.96. The lowest BCUT2D eigenvalue weighted by Gasteiger charge is -2.24. The Kier molecular flexibility index (Phi) is 6.31. The Balaban J connectivity index is 1.53. The van der Waals surface area contributed by atoms with Gasteiger partial charge in [0.2, 0.25) is 0 Å². The van der Waals surface area contributed by atoms with E-state index in [2.05, 4.69) is 58.3 Å². The lowest BCUT2D eigenvalue weighted by molar-refractivity contribution is -0.674. The van der Waals surface area contributed by atoms with Crippen molar-refractivity contribution >= 4 is 33.8 Å². The number of fused-ring (bicyclic) bond motifs is 1. The van der Waals surface area contributed by atoms with Crippen molar-refractivity contribution in [3.05, 3.63) is 88.7 Å². The first-order valence-corrected chi connectivity index (χ1v) is 11.4. The third kappa shape index (κ3) is 4.18. The number of benzene rings is 2. The van der Waals surface area contributed by atoms with E-state index >= 15 is 0 Å². The van der Waals surface area contributed by atoms with Crippen molar-refractivity contribution in [2.75, 3.05) is 18.0 Å². The third-order valence-corrected chi connectivity index (χ3v) is 6.63. The van der Waals surface area contributed by atoms with Gasteiger partial charge in [0.05, 0.1) is 12.5 Å². The zero-order chi connectivity index (χ0) is 20.9. The number of aromatic nitrogens is 1. The van der Waals surface area contributed by atoms with Crippen LogP contribution < -0.4 is 10.2 Å². The Morgan fingerprint density at radius 3 is 2.57 bits per heavy atom. The van der Waals surface area contributed by atoms with Crippen LogP contribution in [0.3, 0.4) is 0 Å². The second-order valence-electron chi connectivity index (χ2n) is 7.54. The summed E-state index contributed by atoms with van der Waals surface area (Å²) in [6.45, 7) is 5.52. The Labute approximate surface area is 181 Å². The number of amides is 1. The van der Waals surface area contributed by atoms with Gasteiger partial charge in [-0.15, -0.1) is 11.3 Å². The molecular formula is C25H28N3OS+. The van der Waals surface area contributed by atoms with E-state index in [0.717, 1.165) is 17.7 Å². The number of thiophene rings is 1. The molecule has 0 aliphatic carbocycles. The molecule has 4 aromatic rings. The zero-order valence-electron chi connectivity index (χ0n) is 17.4. The molecule has 30 heavy (non-hydrogen) atoms. The van der Waals surface area contributed by atoms with E-state index in [1.54, 1.807) is 11.3 Å². The Morgan fingerprint density at radius 1 is 1.07 bits per heavy atom. The van der Waals surface area contributed by atoms with Crippen molar-refractivity contribution in [3.8, 4) is 0 Å². The second-order valence-corrected chi connectivity index (χ2v) is 8.52. The second kappa shape index (κ2) is 9.28. The van der Waals surface area contributed by atoms with Crippen LogP contribution in [0.15, 0.2) is 78.3 Å². The average Bonchev–Trinajstić information content (AvgIpc) is 3.46. The van der Waals surface area contributed by atoms with Crippen LogP contribution in [0.5, 0.6) is 0 Å². The molecule has 1 amide bonds. The summed E-state index contributed by atoms with van der Waals surface area (Å²) in [6, 6.07) is 22.5. The van der Waals surface area contributed by atoms with Gasteiger partial charge in [-0.2, -0.15) is 0 Å². The maximum atomic E-state index is 13.2. The summed E-state index contributed by atoms with van der Waals surface area (Å²) in [4.78, 5) is 19.8. The number of rotatable bonds is 8. The Bertz CT molecular complexity index is 1090. The number of para-hydroxylation sites is 2. The van der Waals surface area contributed by atoms with E-state index in [1.165, 1.54) is 15.8 Å². The maximum absolute atomic E-state index is 13.2. The number of nitrogens with one attached hydrogen (secondary N) is 1. The number of quaternary nitrogens is 1. The molecule has 3 N–H and O–H groups in total. The molecule has 0 saturated carbocycles. The van der Waals surface area contributed by atoms with E-state index in [-0.39, 0.29) is 17.9 Å². The van der Waals surface area contributed by atoms with Gasteiger partial charge in [-0.3, -0.25) is 4.79 Å². The first-order valence-electron chi connectivity index (χ1n) is 10.5. The van der Waals surface area contributed by atoms with E-state index in [0.29, 0.717) is 6.54 Å². The Morgan fingerprint density at radius 2 is 1.83 bits per heavy atom. The van der Waals surface area contributed by atoms with Crippen LogP contribution in [0, 0.1) is 0 Å². The van der Waals surface area contributed by atoms with Crippen molar-refractivity contribution in [1.29, 1.82) is 0 Å². The smallest absolute Gasteiger partial charge is 0.284 e. The molecule has 0 bridgehead atoms. The number of carbonyl (C=O) groups excluding carboxylic acids is 1. The molecule has 2 atom stereocenters. The van der Waals surface area contributed by atoms with Crippen LogP contribution in [0.25, 0.3) is 10.9 Å². The van der Waals surface area contributed by atoms with Gasteiger partial charge in [-0.1, -0.05) is 42.5 Å². The van der Waals surface area contributed by atoms with Crippen molar-refractivity contribution in [3.63, 3.8) is 0 Å². The van der Waals surface area contributed by atoms with Crippen LogP contribution in [0.4, 0.5) is 5.69 Å². The minimum atomic E-state index is -0.155. The van der Waals surface area contributed by atoms with Gasteiger partial charge in [0.15, 0.2) is 6.04 Å². The van der Waals surface area contributed by atoms with Crippen LogP contribution in [0.1, 0.15) is 30.2 Å². The first kappa shape index (κ1) is 20.4. The van der Waals surface area contributed by atoms with Gasteiger partial charge in [0.25, 0.3) is 5.91 Å². The number of hydrogen-bond donors (Lipinski definition) is 2. The number of aromatic amines is 1. The summed E-state index contributed by atoms with van der Waals surface area (Å²) < 4.78 is 0. The minimum absolute atomic E-state index is 0.146. The van der Waals surface area contributed by atoms with Crippen molar-refractivity contribution in [2.45, 2.75) is 25.8 Å². The van der Waals surface area contributed by atoms with Crippen LogP contribution in [0.2, 0.25) is 0 Å². The fraction of sp³-hybridized carbons (Fsp3) is 0.240. The zero-order valence-corrected chi connectivity index (χ0v) is 18.2. The molecule has 2 aromatic heterocycles. The van der Waals surface area contributed by atoms with Gasteiger partial charge in [0, 0.05) is 34.2 Å². The number of nitrogens with zero attached hydrogens (tertiary/aromatic N) is 1. The highest BCUT2D eigenvalue weighted by Crippen LogP contribution is 2.32. The summed E-state index contributed by atoms with van der Waals surface area (Å²) in [6.07, 6.45) is 2.12. The van der Waals surface area contributed by atoms with E-state index in [4.69, 9.17) is 0 Å². The highest BCUT2D eigenvalue weighted by Gasteiger charge is 2.27. The molecule has 0 aliphatic rings. The van der Waals surface area contributed by atoms with Crippen LogP contribution in [-0.4, -0.2) is 30.0 Å². The maximum Gasteiger partial charge on any atom is 0.284 e. The molecular weight excluding hydrogens is 390 g/mol. The van der Waals surface area contributed by atoms with Crippen molar-refractivity contribution < 1.29 is 10.1 Å². The summed E-state index contributed by atoms with van der Waals surface area (Å²) >= 11 is 1.78. The number of carbonyl (C=O) groups is 1. The van der Waals surface area contributed by atoms with Crippen LogP contribution >= 0.6 is 11.3 Å². The van der Waals surface area contributed by atoms with E-state index in [9.17, 15) is 4.79 Å². The molecule has 0 aliphatic heterocycles. The van der Waals surface area contributed by atoms with Gasteiger partial charge in [0.1, 0.15) is 0 Å². The average molecular weight is 419 g/mol. The molecule has 154 valence electrons. The molecule has 0 fully saturated rings. The standard InChI is InChI=1S/C25H27N3OS/c1-3-28(19-10-5-4-6-11-19)25(29)18(2)26-17-22(24-14-9-15-30-24)21-16-27-23-13-8-7-12-20(21)23/h4-16,18,22,26-27H,3,17H2,1-2H3/p+1/t18-,22-/m1/s1. The Hall–Kier alpha value is -2.89. The molecule has 0 radical (unpaired) electrons. The number of anilines is 1. The molecule has 2 heterocycles. The molecule has 0 saturated heterocycles.